The second-order valence-corrected chi connectivity index (χ2v) is 4.69. The largest absolute Gasteiger partial charge is 0.496 e. The molecule has 2 N–H and O–H groups in total. The standard InChI is InChI=1S/C15H24N2O2/c1-5-16-11(2)10-15(18)17-12(3)13-8-6-7-9-14(13)19-4/h6-9,11-12,16H,5,10H2,1-4H3,(H,17,18). The molecule has 0 aliphatic heterocycles. The lowest BCUT2D eigenvalue weighted by atomic mass is 10.1. The second-order valence-electron chi connectivity index (χ2n) is 4.69. The van der Waals surface area contributed by atoms with Gasteiger partial charge in [0, 0.05) is 18.0 Å². The molecule has 4 nitrogen and oxygen atoms in total. The quantitative estimate of drug-likeness (QED) is 0.794. The predicted octanol–water partition coefficient (Wildman–Crippen LogP) is 2.26. The number of methoxy groups -OCH3 is 1. The van der Waals surface area contributed by atoms with Crippen LogP contribution in [0.5, 0.6) is 5.75 Å². The summed E-state index contributed by atoms with van der Waals surface area (Å²) in [7, 11) is 1.64. The molecule has 0 radical (unpaired) electrons. The minimum atomic E-state index is -0.0579. The van der Waals surface area contributed by atoms with Crippen LogP contribution in [0, 0.1) is 0 Å². The molecular formula is C15H24N2O2. The zero-order chi connectivity index (χ0) is 14.3. The third-order valence-electron chi connectivity index (χ3n) is 3.03. The van der Waals surface area contributed by atoms with Crippen molar-refractivity contribution in [2.24, 2.45) is 0 Å². The molecule has 2 atom stereocenters. The Bertz CT molecular complexity index is 407. The molecule has 4 heteroatoms. The van der Waals surface area contributed by atoms with E-state index in [0.29, 0.717) is 6.42 Å². The van der Waals surface area contributed by atoms with Gasteiger partial charge in [0.1, 0.15) is 5.75 Å². The molecule has 0 spiro atoms. The zero-order valence-electron chi connectivity index (χ0n) is 12.2. The number of ether oxygens (including phenoxy) is 1. The molecule has 0 aromatic heterocycles. The van der Waals surface area contributed by atoms with Gasteiger partial charge < -0.3 is 15.4 Å². The molecule has 1 amide bonds. The number of hydrogen-bond donors (Lipinski definition) is 2. The third kappa shape index (κ3) is 4.91. The summed E-state index contributed by atoms with van der Waals surface area (Å²) in [6.45, 7) is 6.88. The summed E-state index contributed by atoms with van der Waals surface area (Å²) in [5.74, 6) is 0.849. The second kappa shape index (κ2) is 7.79. The van der Waals surface area contributed by atoms with E-state index >= 15 is 0 Å². The molecule has 0 saturated heterocycles. The van der Waals surface area contributed by atoms with Crippen molar-refractivity contribution >= 4 is 5.91 Å². The monoisotopic (exact) mass is 264 g/mol. The van der Waals surface area contributed by atoms with Crippen molar-refractivity contribution < 1.29 is 9.53 Å². The van der Waals surface area contributed by atoms with E-state index in [4.69, 9.17) is 4.74 Å². The zero-order valence-corrected chi connectivity index (χ0v) is 12.2. The first-order valence-corrected chi connectivity index (χ1v) is 6.74. The lowest BCUT2D eigenvalue weighted by molar-refractivity contribution is -0.122. The van der Waals surface area contributed by atoms with E-state index in [2.05, 4.69) is 10.6 Å². The van der Waals surface area contributed by atoms with Crippen LogP contribution in [0.4, 0.5) is 0 Å². The van der Waals surface area contributed by atoms with Gasteiger partial charge in [-0.05, 0) is 26.5 Å². The van der Waals surface area contributed by atoms with Crippen LogP contribution < -0.4 is 15.4 Å². The Morgan fingerprint density at radius 3 is 2.63 bits per heavy atom. The van der Waals surface area contributed by atoms with E-state index in [-0.39, 0.29) is 18.0 Å². The molecule has 1 aromatic carbocycles. The molecule has 0 fully saturated rings. The molecule has 0 aliphatic rings. The number of benzene rings is 1. The average molecular weight is 264 g/mol. The third-order valence-corrected chi connectivity index (χ3v) is 3.03. The van der Waals surface area contributed by atoms with Crippen LogP contribution in [0.2, 0.25) is 0 Å². The Morgan fingerprint density at radius 2 is 2.00 bits per heavy atom. The highest BCUT2D eigenvalue weighted by Crippen LogP contribution is 2.24. The molecule has 0 saturated carbocycles. The van der Waals surface area contributed by atoms with Gasteiger partial charge in [-0.1, -0.05) is 25.1 Å². The molecule has 1 rings (SSSR count). The van der Waals surface area contributed by atoms with Crippen molar-refractivity contribution in [2.45, 2.75) is 39.3 Å². The average Bonchev–Trinajstić information content (AvgIpc) is 2.38. The van der Waals surface area contributed by atoms with Crippen LogP contribution >= 0.6 is 0 Å². The van der Waals surface area contributed by atoms with E-state index in [0.717, 1.165) is 17.9 Å². The van der Waals surface area contributed by atoms with Crippen LogP contribution in [0.15, 0.2) is 24.3 Å². The van der Waals surface area contributed by atoms with Gasteiger partial charge >= 0.3 is 0 Å². The highest BCUT2D eigenvalue weighted by atomic mass is 16.5. The summed E-state index contributed by atoms with van der Waals surface area (Å²) in [6.07, 6.45) is 0.479. The molecule has 0 aliphatic carbocycles. The maximum Gasteiger partial charge on any atom is 0.222 e. The normalized spacial score (nSPS) is 13.7. The molecular weight excluding hydrogens is 240 g/mol. The van der Waals surface area contributed by atoms with Gasteiger partial charge in [-0.3, -0.25) is 4.79 Å². The van der Waals surface area contributed by atoms with Crippen molar-refractivity contribution in [1.29, 1.82) is 0 Å². The van der Waals surface area contributed by atoms with E-state index < -0.39 is 0 Å². The van der Waals surface area contributed by atoms with Crippen LogP contribution in [0.1, 0.15) is 38.8 Å². The van der Waals surface area contributed by atoms with Gasteiger partial charge in [0.2, 0.25) is 5.91 Å². The first-order chi connectivity index (χ1) is 9.08. The van der Waals surface area contributed by atoms with Gasteiger partial charge in [0.15, 0.2) is 0 Å². The topological polar surface area (TPSA) is 50.4 Å². The number of amides is 1. The first kappa shape index (κ1) is 15.5. The van der Waals surface area contributed by atoms with E-state index in [1.165, 1.54) is 0 Å². The SMILES string of the molecule is CCNC(C)CC(=O)NC(C)c1ccccc1OC. The Balaban J connectivity index is 2.59. The van der Waals surface area contributed by atoms with Crippen molar-refractivity contribution in [3.8, 4) is 5.75 Å². The summed E-state index contributed by atoms with van der Waals surface area (Å²) in [5, 5.41) is 6.23. The Morgan fingerprint density at radius 1 is 1.32 bits per heavy atom. The van der Waals surface area contributed by atoms with Crippen LogP contribution in [0.3, 0.4) is 0 Å². The molecule has 106 valence electrons. The summed E-state index contributed by atoms with van der Waals surface area (Å²) < 4.78 is 5.30. The van der Waals surface area contributed by atoms with E-state index in [1.54, 1.807) is 7.11 Å². The number of para-hydroxylation sites is 1. The maximum absolute atomic E-state index is 11.9. The van der Waals surface area contributed by atoms with E-state index in [1.807, 2.05) is 45.0 Å². The first-order valence-electron chi connectivity index (χ1n) is 6.74. The highest BCUT2D eigenvalue weighted by molar-refractivity contribution is 5.77. The predicted molar refractivity (Wildman–Crippen MR) is 77.3 cm³/mol. The Kier molecular flexibility index (Phi) is 6.36. The molecule has 19 heavy (non-hydrogen) atoms. The van der Waals surface area contributed by atoms with Gasteiger partial charge in [0.25, 0.3) is 0 Å². The van der Waals surface area contributed by atoms with Gasteiger partial charge in [-0.15, -0.1) is 0 Å². The maximum atomic E-state index is 11.9. The molecule has 0 bridgehead atoms. The number of rotatable bonds is 7. The number of carbonyl (C=O) groups excluding carboxylic acids is 1. The van der Waals surface area contributed by atoms with Gasteiger partial charge in [-0.25, -0.2) is 0 Å². The van der Waals surface area contributed by atoms with Gasteiger partial charge in [-0.2, -0.15) is 0 Å². The number of nitrogens with one attached hydrogen (secondary N) is 2. The number of carbonyl (C=O) groups is 1. The fraction of sp³-hybridized carbons (Fsp3) is 0.533. The Labute approximate surface area is 115 Å². The van der Waals surface area contributed by atoms with Crippen LogP contribution in [-0.2, 0) is 4.79 Å². The highest BCUT2D eigenvalue weighted by Gasteiger charge is 2.14. The van der Waals surface area contributed by atoms with Gasteiger partial charge in [0.05, 0.1) is 13.2 Å². The van der Waals surface area contributed by atoms with Crippen LogP contribution in [-0.4, -0.2) is 25.6 Å². The molecule has 0 heterocycles. The molecule has 2 unspecified atom stereocenters. The Hall–Kier alpha value is -1.55. The lowest BCUT2D eigenvalue weighted by Gasteiger charge is -2.19. The summed E-state index contributed by atoms with van der Waals surface area (Å²) in [5.41, 5.74) is 0.995. The fourth-order valence-corrected chi connectivity index (χ4v) is 2.10. The lowest BCUT2D eigenvalue weighted by Crippen LogP contribution is -2.34. The molecule has 1 aromatic rings. The van der Waals surface area contributed by atoms with Crippen LogP contribution in [0.25, 0.3) is 0 Å². The summed E-state index contributed by atoms with van der Waals surface area (Å²) in [4.78, 5) is 11.9. The minimum absolute atomic E-state index is 0.0480. The fourth-order valence-electron chi connectivity index (χ4n) is 2.10. The summed E-state index contributed by atoms with van der Waals surface area (Å²) in [6, 6.07) is 7.87. The number of hydrogen-bond acceptors (Lipinski definition) is 3. The van der Waals surface area contributed by atoms with Crippen molar-refractivity contribution in [1.82, 2.24) is 10.6 Å². The van der Waals surface area contributed by atoms with Crippen molar-refractivity contribution in [3.63, 3.8) is 0 Å². The minimum Gasteiger partial charge on any atom is -0.496 e. The smallest absolute Gasteiger partial charge is 0.222 e. The van der Waals surface area contributed by atoms with Crippen molar-refractivity contribution in [3.05, 3.63) is 29.8 Å². The van der Waals surface area contributed by atoms with Crippen molar-refractivity contribution in [2.75, 3.05) is 13.7 Å². The van der Waals surface area contributed by atoms with E-state index in [9.17, 15) is 4.79 Å². The summed E-state index contributed by atoms with van der Waals surface area (Å²) >= 11 is 0.